The van der Waals surface area contributed by atoms with Gasteiger partial charge in [-0.1, -0.05) is 5.16 Å². The van der Waals surface area contributed by atoms with Crippen LogP contribution in [0.2, 0.25) is 0 Å². The van der Waals surface area contributed by atoms with Crippen LogP contribution in [0, 0.1) is 6.92 Å². The molecule has 4 rings (SSSR count). The zero-order valence-corrected chi connectivity index (χ0v) is 16.2. The minimum absolute atomic E-state index is 0.177. The van der Waals surface area contributed by atoms with Crippen LogP contribution < -0.4 is 14.8 Å². The highest BCUT2D eigenvalue weighted by atomic mass is 16.5. The average Bonchev–Trinajstić information content (AvgIpc) is 3.41. The second-order valence-electron chi connectivity index (χ2n) is 7.90. The van der Waals surface area contributed by atoms with Crippen LogP contribution in [0.4, 0.5) is 10.5 Å². The number of rotatable bonds is 3. The first kappa shape index (κ1) is 17.7. The monoisotopic (exact) mass is 371 g/mol. The van der Waals surface area contributed by atoms with E-state index >= 15 is 0 Å². The number of aromatic nitrogens is 1. The lowest BCUT2D eigenvalue weighted by molar-refractivity contribution is 0.0833. The van der Waals surface area contributed by atoms with Gasteiger partial charge in [0, 0.05) is 17.5 Å². The maximum Gasteiger partial charge on any atom is 0.322 e. The first-order valence-electron chi connectivity index (χ1n) is 9.24. The molecule has 0 radical (unpaired) electrons. The lowest BCUT2D eigenvalue weighted by atomic mass is 10.1. The molecule has 0 atom stereocenters. The van der Waals surface area contributed by atoms with Crippen molar-refractivity contribution in [2.24, 2.45) is 0 Å². The summed E-state index contributed by atoms with van der Waals surface area (Å²) in [7, 11) is 1.63. The molecule has 7 heteroatoms. The molecule has 2 aliphatic rings. The number of carbonyl (C=O) groups excluding carboxylic acids is 1. The number of nitrogens with zero attached hydrogens (tertiary/aromatic N) is 2. The van der Waals surface area contributed by atoms with Gasteiger partial charge in [0.15, 0.2) is 5.76 Å². The molecule has 27 heavy (non-hydrogen) atoms. The van der Waals surface area contributed by atoms with E-state index in [1.807, 2.05) is 39.0 Å². The van der Waals surface area contributed by atoms with Gasteiger partial charge in [0.2, 0.25) is 0 Å². The van der Waals surface area contributed by atoms with Gasteiger partial charge in [-0.3, -0.25) is 0 Å². The van der Waals surface area contributed by atoms with Gasteiger partial charge in [-0.05, 0) is 45.7 Å². The topological polar surface area (TPSA) is 76.8 Å². The highest BCUT2D eigenvalue weighted by Gasteiger charge is 2.35. The third-order valence-electron chi connectivity index (χ3n) is 4.95. The fraction of sp³-hybridized carbons (Fsp3) is 0.500. The maximum atomic E-state index is 13.1. The molecule has 1 N–H and O–H groups in total. The highest BCUT2D eigenvalue weighted by molar-refractivity contribution is 5.90. The van der Waals surface area contributed by atoms with Crippen molar-refractivity contribution < 1.29 is 18.8 Å². The highest BCUT2D eigenvalue weighted by Crippen LogP contribution is 2.44. The molecule has 1 fully saturated rings. The molecule has 1 saturated carbocycles. The first-order valence-corrected chi connectivity index (χ1v) is 9.24. The summed E-state index contributed by atoms with van der Waals surface area (Å²) in [5, 5.41) is 7.05. The summed E-state index contributed by atoms with van der Waals surface area (Å²) in [5.41, 5.74) is 1.83. The molecule has 0 unspecified atom stereocenters. The molecule has 144 valence electrons. The number of methoxy groups -OCH3 is 1. The van der Waals surface area contributed by atoms with E-state index in [2.05, 4.69) is 10.5 Å². The summed E-state index contributed by atoms with van der Waals surface area (Å²) in [6.07, 6.45) is 2.16. The van der Waals surface area contributed by atoms with Gasteiger partial charge < -0.3 is 24.2 Å². The van der Waals surface area contributed by atoms with E-state index in [0.717, 1.165) is 35.7 Å². The van der Waals surface area contributed by atoms with Crippen molar-refractivity contribution in [3.8, 4) is 11.5 Å². The van der Waals surface area contributed by atoms with E-state index in [9.17, 15) is 4.79 Å². The smallest absolute Gasteiger partial charge is 0.322 e. The molecule has 1 aromatic carbocycles. The molecule has 0 saturated heterocycles. The van der Waals surface area contributed by atoms with Crippen LogP contribution >= 0.6 is 0 Å². The van der Waals surface area contributed by atoms with E-state index in [-0.39, 0.29) is 6.03 Å². The van der Waals surface area contributed by atoms with Crippen LogP contribution in [0.15, 0.2) is 22.7 Å². The lowest BCUT2D eigenvalue weighted by Crippen LogP contribution is -2.45. The maximum absolute atomic E-state index is 13.1. The molecule has 2 heterocycles. The molecular formula is C20H25N3O4. The van der Waals surface area contributed by atoms with Crippen LogP contribution in [0.5, 0.6) is 11.5 Å². The van der Waals surface area contributed by atoms with Crippen molar-refractivity contribution in [2.45, 2.75) is 51.7 Å². The Hall–Kier alpha value is -2.70. The van der Waals surface area contributed by atoms with Crippen molar-refractivity contribution in [3.05, 3.63) is 35.2 Å². The van der Waals surface area contributed by atoms with E-state index in [0.29, 0.717) is 30.4 Å². The number of ether oxygens (including phenoxy) is 2. The van der Waals surface area contributed by atoms with Gasteiger partial charge in [0.05, 0.1) is 20.2 Å². The van der Waals surface area contributed by atoms with Crippen LogP contribution in [-0.4, -0.2) is 35.3 Å². The molecule has 1 aliphatic carbocycles. The minimum atomic E-state index is -0.530. The van der Waals surface area contributed by atoms with Gasteiger partial charge in [-0.25, -0.2) is 4.79 Å². The Morgan fingerprint density at radius 1 is 1.37 bits per heavy atom. The molecule has 1 aromatic heterocycles. The fourth-order valence-electron chi connectivity index (χ4n) is 3.43. The predicted molar refractivity (Wildman–Crippen MR) is 100 cm³/mol. The number of hydrogen-bond donors (Lipinski definition) is 1. The van der Waals surface area contributed by atoms with Crippen molar-refractivity contribution in [2.75, 3.05) is 19.0 Å². The number of carbonyl (C=O) groups is 1. The Labute approximate surface area is 158 Å². The summed E-state index contributed by atoms with van der Waals surface area (Å²) < 4.78 is 16.9. The van der Waals surface area contributed by atoms with E-state index in [1.54, 1.807) is 12.0 Å². The van der Waals surface area contributed by atoms with Crippen molar-refractivity contribution >= 4 is 11.7 Å². The predicted octanol–water partition coefficient (Wildman–Crippen LogP) is 4.07. The third-order valence-corrected chi connectivity index (χ3v) is 4.95. The number of benzene rings is 1. The Kier molecular flexibility index (Phi) is 4.25. The largest absolute Gasteiger partial charge is 0.497 e. The summed E-state index contributed by atoms with van der Waals surface area (Å²) in [6, 6.07) is 5.51. The van der Waals surface area contributed by atoms with Crippen LogP contribution in [0.25, 0.3) is 0 Å². The molecule has 2 aromatic rings. The number of nitrogens with one attached hydrogen (secondary N) is 1. The van der Waals surface area contributed by atoms with Crippen LogP contribution in [-0.2, 0) is 6.54 Å². The summed E-state index contributed by atoms with van der Waals surface area (Å²) >= 11 is 0. The van der Waals surface area contributed by atoms with E-state index in [1.165, 1.54) is 0 Å². The molecule has 2 amide bonds. The van der Waals surface area contributed by atoms with Gasteiger partial charge in [0.1, 0.15) is 28.5 Å². The quantitative estimate of drug-likeness (QED) is 0.880. The van der Waals surface area contributed by atoms with Crippen LogP contribution in [0.3, 0.4) is 0 Å². The number of hydrogen-bond acceptors (Lipinski definition) is 5. The Morgan fingerprint density at radius 3 is 2.85 bits per heavy atom. The number of urea groups is 1. The summed E-state index contributed by atoms with van der Waals surface area (Å²) in [4.78, 5) is 14.8. The lowest BCUT2D eigenvalue weighted by Gasteiger charge is -2.29. The molecule has 1 aliphatic heterocycles. The Bertz CT molecular complexity index is 870. The number of aryl methyl sites for hydroxylation is 1. The number of amides is 2. The van der Waals surface area contributed by atoms with Gasteiger partial charge in [-0.2, -0.15) is 0 Å². The number of anilines is 1. The zero-order chi connectivity index (χ0) is 19.2. The van der Waals surface area contributed by atoms with Gasteiger partial charge in [0.25, 0.3) is 0 Å². The van der Waals surface area contributed by atoms with E-state index in [4.69, 9.17) is 14.0 Å². The molecule has 0 spiro atoms. The van der Waals surface area contributed by atoms with Gasteiger partial charge >= 0.3 is 6.03 Å². The minimum Gasteiger partial charge on any atom is -0.497 e. The SMILES string of the molecule is COc1ccc2c(c1)OC(C)(C)CN(C(=O)Nc1c(C)noc1C1CC1)C2. The third kappa shape index (κ3) is 3.59. The standard InChI is InChI=1S/C20H25N3O4/c1-12-17(18(27-22-12)13-5-6-13)21-19(24)23-10-14-7-8-15(25-4)9-16(14)26-20(2,3)11-23/h7-9,13H,5-6,10-11H2,1-4H3,(H,21,24). The van der Waals surface area contributed by atoms with Gasteiger partial charge in [-0.15, -0.1) is 0 Å². The normalized spacial score (nSPS) is 18.3. The fourth-order valence-corrected chi connectivity index (χ4v) is 3.43. The second-order valence-corrected chi connectivity index (χ2v) is 7.90. The van der Waals surface area contributed by atoms with Crippen LogP contribution in [0.1, 0.15) is 49.6 Å². The zero-order valence-electron chi connectivity index (χ0n) is 16.2. The van der Waals surface area contributed by atoms with Crippen molar-refractivity contribution in [1.82, 2.24) is 10.1 Å². The number of fused-ring (bicyclic) bond motifs is 1. The second kappa shape index (κ2) is 6.48. The molecular weight excluding hydrogens is 346 g/mol. The first-order chi connectivity index (χ1) is 12.9. The summed E-state index contributed by atoms with van der Waals surface area (Å²) in [6.45, 7) is 6.71. The van der Waals surface area contributed by atoms with Crippen molar-refractivity contribution in [3.63, 3.8) is 0 Å². The van der Waals surface area contributed by atoms with Crippen molar-refractivity contribution in [1.29, 1.82) is 0 Å². The molecule has 7 nitrogen and oxygen atoms in total. The average molecular weight is 371 g/mol. The summed E-state index contributed by atoms with van der Waals surface area (Å²) in [5.74, 6) is 2.64. The Morgan fingerprint density at radius 2 is 2.15 bits per heavy atom. The molecule has 0 bridgehead atoms. The Balaban J connectivity index is 1.59. The van der Waals surface area contributed by atoms with E-state index < -0.39 is 5.60 Å².